The van der Waals surface area contributed by atoms with Crippen LogP contribution in [0.25, 0.3) is 0 Å². The average molecular weight is 278 g/mol. The number of rotatable bonds is 3. The van der Waals surface area contributed by atoms with E-state index in [2.05, 4.69) is 5.73 Å². The molecule has 0 saturated carbocycles. The summed E-state index contributed by atoms with van der Waals surface area (Å²) >= 11 is 5.58. The largest absolute Gasteiger partial charge is 0.361 e. The fourth-order valence-electron chi connectivity index (χ4n) is 0.848. The van der Waals surface area contributed by atoms with Gasteiger partial charge in [-0.3, -0.25) is 15.0 Å². The summed E-state index contributed by atoms with van der Waals surface area (Å²) in [4.78, 5) is 22.7. The molecule has 1 aromatic carbocycles. The van der Waals surface area contributed by atoms with Crippen molar-refractivity contribution < 1.29 is 18.0 Å². The molecule has 0 fully saturated rings. The van der Waals surface area contributed by atoms with Gasteiger partial charge in [0.15, 0.2) is 0 Å². The lowest BCUT2D eigenvalue weighted by Gasteiger charge is -2.06. The molecule has 9 heteroatoms. The minimum atomic E-state index is -3.95. The fourth-order valence-corrected chi connectivity index (χ4v) is 1.81. The van der Waals surface area contributed by atoms with Crippen LogP contribution in [0, 0.1) is 0 Å². The Bertz CT molecular complexity index is 540. The highest BCUT2D eigenvalue weighted by molar-refractivity contribution is 7.89. The summed E-state index contributed by atoms with van der Waals surface area (Å²) in [7, 11) is -3.95. The van der Waals surface area contributed by atoms with Crippen LogP contribution in [-0.4, -0.2) is 20.2 Å². The summed E-state index contributed by atoms with van der Waals surface area (Å²) in [5.74, 6) is -2.56. The van der Waals surface area contributed by atoms with Crippen LogP contribution in [0.2, 0.25) is 5.02 Å². The van der Waals surface area contributed by atoms with E-state index in [4.69, 9.17) is 11.6 Å². The second kappa shape index (κ2) is 5.13. The Labute approximate surface area is 102 Å². The number of halogens is 1. The van der Waals surface area contributed by atoms with Gasteiger partial charge in [0.1, 0.15) is 0 Å². The van der Waals surface area contributed by atoms with Crippen molar-refractivity contribution in [2.24, 2.45) is 5.73 Å². The van der Waals surface area contributed by atoms with Gasteiger partial charge in [0.2, 0.25) is 0 Å². The van der Waals surface area contributed by atoms with Crippen molar-refractivity contribution in [3.63, 3.8) is 0 Å². The van der Waals surface area contributed by atoms with E-state index in [-0.39, 0.29) is 4.90 Å². The van der Waals surface area contributed by atoms with Gasteiger partial charge in [-0.1, -0.05) is 11.6 Å². The van der Waals surface area contributed by atoms with Crippen LogP contribution in [0.3, 0.4) is 0 Å². The van der Waals surface area contributed by atoms with E-state index in [1.807, 2.05) is 0 Å². The molecule has 2 amide bonds. The van der Waals surface area contributed by atoms with Crippen molar-refractivity contribution in [1.82, 2.24) is 10.3 Å². The minimum absolute atomic E-state index is 0.119. The fraction of sp³-hybridized carbons (Fsp3) is 0. The predicted octanol–water partition coefficient (Wildman–Crippen LogP) is -0.865. The Morgan fingerprint density at radius 1 is 1.18 bits per heavy atom. The molecule has 0 spiro atoms. The molecule has 0 heterocycles. The summed E-state index contributed by atoms with van der Waals surface area (Å²) in [6.45, 7) is 0. The molecule has 4 N–H and O–H groups in total. The van der Waals surface area contributed by atoms with Crippen LogP contribution in [0.1, 0.15) is 0 Å². The molecule has 0 atom stereocenters. The molecule has 0 unspecified atom stereocenters. The lowest BCUT2D eigenvalue weighted by Crippen LogP contribution is -2.46. The molecule has 0 aromatic heterocycles. The molecule has 1 aromatic rings. The van der Waals surface area contributed by atoms with E-state index in [9.17, 15) is 18.0 Å². The third kappa shape index (κ3) is 3.70. The first-order chi connectivity index (χ1) is 7.83. The maximum Gasteiger partial charge on any atom is 0.324 e. The SMILES string of the molecule is NC(=O)C(=O)NNS(=O)(=O)c1ccc(Cl)cc1. The van der Waals surface area contributed by atoms with E-state index in [1.165, 1.54) is 24.3 Å². The topological polar surface area (TPSA) is 118 Å². The summed E-state index contributed by atoms with van der Waals surface area (Å²) in [6.07, 6.45) is 0. The van der Waals surface area contributed by atoms with Crippen LogP contribution in [0.4, 0.5) is 0 Å². The number of hydrogen-bond donors (Lipinski definition) is 3. The summed E-state index contributed by atoms with van der Waals surface area (Å²) in [5.41, 5.74) is 6.27. The third-order valence-electron chi connectivity index (χ3n) is 1.65. The Hall–Kier alpha value is -1.64. The molecule has 1 rings (SSSR count). The number of carbonyl (C=O) groups is 2. The summed E-state index contributed by atoms with van der Waals surface area (Å²) in [5, 5.41) is 0.366. The number of primary amides is 1. The van der Waals surface area contributed by atoms with Crippen molar-refractivity contribution >= 4 is 33.4 Å². The lowest BCUT2D eigenvalue weighted by molar-refractivity contribution is -0.137. The van der Waals surface area contributed by atoms with Crippen LogP contribution < -0.4 is 16.0 Å². The number of hydrazine groups is 1. The van der Waals surface area contributed by atoms with Crippen molar-refractivity contribution in [1.29, 1.82) is 0 Å². The van der Waals surface area contributed by atoms with Crippen LogP contribution in [0.15, 0.2) is 29.2 Å². The number of nitrogens with two attached hydrogens (primary N) is 1. The molecule has 0 saturated heterocycles. The summed E-state index contributed by atoms with van der Waals surface area (Å²) < 4.78 is 23.1. The molecular weight excluding hydrogens is 270 g/mol. The first-order valence-corrected chi connectivity index (χ1v) is 6.06. The highest BCUT2D eigenvalue weighted by atomic mass is 35.5. The first-order valence-electron chi connectivity index (χ1n) is 4.20. The van der Waals surface area contributed by atoms with E-state index in [1.54, 1.807) is 10.3 Å². The van der Waals surface area contributed by atoms with Crippen molar-refractivity contribution in [2.45, 2.75) is 4.90 Å². The number of amides is 2. The van der Waals surface area contributed by atoms with Crippen LogP contribution in [0.5, 0.6) is 0 Å². The number of hydrogen-bond acceptors (Lipinski definition) is 4. The van der Waals surface area contributed by atoms with Crippen LogP contribution >= 0.6 is 11.6 Å². The molecule has 0 aliphatic rings. The molecule has 0 aliphatic carbocycles. The highest BCUT2D eigenvalue weighted by Gasteiger charge is 2.16. The second-order valence-corrected chi connectivity index (χ2v) is 5.00. The quantitative estimate of drug-likeness (QED) is 0.492. The van der Waals surface area contributed by atoms with E-state index in [0.29, 0.717) is 5.02 Å². The van der Waals surface area contributed by atoms with E-state index in [0.717, 1.165) is 0 Å². The first kappa shape index (κ1) is 13.4. The molecule has 17 heavy (non-hydrogen) atoms. The summed E-state index contributed by atoms with van der Waals surface area (Å²) in [6, 6.07) is 5.21. The Balaban J connectivity index is 2.79. The number of sulfonamides is 1. The van der Waals surface area contributed by atoms with E-state index < -0.39 is 21.8 Å². The standard InChI is InChI=1S/C8H8ClN3O4S/c9-5-1-3-6(4-2-5)17(15,16)12-11-8(14)7(10)13/h1-4,12H,(H2,10,13)(H,11,14). The van der Waals surface area contributed by atoms with Gasteiger partial charge >= 0.3 is 11.8 Å². The van der Waals surface area contributed by atoms with E-state index >= 15 is 0 Å². The van der Waals surface area contributed by atoms with Gasteiger partial charge in [-0.2, -0.15) is 0 Å². The predicted molar refractivity (Wildman–Crippen MR) is 59.1 cm³/mol. The number of benzene rings is 1. The molecular formula is C8H8ClN3O4S. The minimum Gasteiger partial charge on any atom is -0.361 e. The maximum atomic E-state index is 11.5. The van der Waals surface area contributed by atoms with Crippen LogP contribution in [-0.2, 0) is 19.6 Å². The molecule has 0 bridgehead atoms. The highest BCUT2D eigenvalue weighted by Crippen LogP contribution is 2.13. The van der Waals surface area contributed by atoms with Gasteiger partial charge in [0, 0.05) is 5.02 Å². The smallest absolute Gasteiger partial charge is 0.324 e. The normalized spacial score (nSPS) is 10.9. The van der Waals surface area contributed by atoms with Crippen molar-refractivity contribution in [2.75, 3.05) is 0 Å². The number of nitrogens with one attached hydrogen (secondary N) is 2. The monoisotopic (exact) mass is 277 g/mol. The molecule has 7 nitrogen and oxygen atoms in total. The zero-order chi connectivity index (χ0) is 13.1. The zero-order valence-electron chi connectivity index (χ0n) is 8.31. The Morgan fingerprint density at radius 3 is 2.18 bits per heavy atom. The van der Waals surface area contributed by atoms with Gasteiger partial charge in [-0.15, -0.1) is 4.83 Å². The second-order valence-electron chi connectivity index (χ2n) is 2.88. The number of carbonyl (C=O) groups excluding carboxylic acids is 2. The van der Waals surface area contributed by atoms with Gasteiger partial charge < -0.3 is 5.73 Å². The molecule has 0 aliphatic heterocycles. The maximum absolute atomic E-state index is 11.5. The Kier molecular flexibility index (Phi) is 4.05. The van der Waals surface area contributed by atoms with Gasteiger partial charge in [0.05, 0.1) is 4.90 Å². The van der Waals surface area contributed by atoms with Crippen molar-refractivity contribution in [3.8, 4) is 0 Å². The Morgan fingerprint density at radius 2 is 1.71 bits per heavy atom. The van der Waals surface area contributed by atoms with Gasteiger partial charge in [-0.25, -0.2) is 8.42 Å². The molecule has 92 valence electrons. The van der Waals surface area contributed by atoms with Gasteiger partial charge in [-0.05, 0) is 24.3 Å². The zero-order valence-corrected chi connectivity index (χ0v) is 9.88. The van der Waals surface area contributed by atoms with Gasteiger partial charge in [0.25, 0.3) is 10.0 Å². The lowest BCUT2D eigenvalue weighted by atomic mass is 10.4. The molecule has 0 radical (unpaired) electrons. The van der Waals surface area contributed by atoms with Crippen molar-refractivity contribution in [3.05, 3.63) is 29.3 Å². The third-order valence-corrected chi connectivity index (χ3v) is 3.16. The average Bonchev–Trinajstić information content (AvgIpc) is 2.26.